The first-order valence-electron chi connectivity index (χ1n) is 8.01. The van der Waals surface area contributed by atoms with Gasteiger partial charge < -0.3 is 5.32 Å². The Hall–Kier alpha value is -2.93. The monoisotopic (exact) mass is 371 g/mol. The van der Waals surface area contributed by atoms with Gasteiger partial charge >= 0.3 is 0 Å². The number of nitrogens with zero attached hydrogens (tertiary/aromatic N) is 4. The minimum absolute atomic E-state index is 0.211. The third-order valence-electron chi connectivity index (χ3n) is 3.83. The summed E-state index contributed by atoms with van der Waals surface area (Å²) in [6.07, 6.45) is 0. The number of aromatic nitrogens is 4. The van der Waals surface area contributed by atoms with Crippen LogP contribution in [-0.4, -0.2) is 25.5 Å². The molecule has 1 amide bonds. The molecule has 0 radical (unpaired) electrons. The quantitative estimate of drug-likeness (QED) is 0.764. The molecule has 0 unspecified atom stereocenters. The Morgan fingerprint density at radius 2 is 1.88 bits per heavy atom. The molecule has 7 nitrogen and oxygen atoms in total. The van der Waals surface area contributed by atoms with Crippen molar-refractivity contribution >= 4 is 23.2 Å². The van der Waals surface area contributed by atoms with Gasteiger partial charge in [-0.3, -0.25) is 9.59 Å². The van der Waals surface area contributed by atoms with Crippen molar-refractivity contribution in [3.05, 3.63) is 68.7 Å². The molecule has 0 aliphatic rings. The first-order chi connectivity index (χ1) is 12.3. The van der Waals surface area contributed by atoms with Crippen molar-refractivity contribution in [2.75, 3.05) is 5.32 Å². The van der Waals surface area contributed by atoms with Crippen LogP contribution in [-0.2, 0) is 11.3 Å². The summed E-state index contributed by atoms with van der Waals surface area (Å²) in [4.78, 5) is 24.3. The number of hydrogen-bond acceptors (Lipinski definition) is 4. The highest BCUT2D eigenvalue weighted by Gasteiger charge is 2.11. The molecule has 0 fully saturated rings. The van der Waals surface area contributed by atoms with Crippen LogP contribution in [0.1, 0.15) is 17.0 Å². The smallest absolute Gasteiger partial charge is 0.267 e. The number of hydrogen-bond donors (Lipinski definition) is 1. The number of rotatable bonds is 4. The van der Waals surface area contributed by atoms with E-state index in [0.29, 0.717) is 16.5 Å². The van der Waals surface area contributed by atoms with E-state index >= 15 is 0 Å². The molecule has 2 heterocycles. The molecule has 2 aromatic heterocycles. The molecule has 3 rings (SSSR count). The molecule has 26 heavy (non-hydrogen) atoms. The predicted molar refractivity (Wildman–Crippen MR) is 99.9 cm³/mol. The number of carbonyl (C=O) groups excluding carboxylic acids is 1. The van der Waals surface area contributed by atoms with Gasteiger partial charge in [-0.25, -0.2) is 9.36 Å². The van der Waals surface area contributed by atoms with Gasteiger partial charge in [-0.2, -0.15) is 5.10 Å². The minimum atomic E-state index is -0.370. The van der Waals surface area contributed by atoms with E-state index in [4.69, 9.17) is 11.6 Å². The molecular weight excluding hydrogens is 354 g/mol. The molecule has 0 saturated heterocycles. The Morgan fingerprint density at radius 3 is 2.54 bits per heavy atom. The lowest BCUT2D eigenvalue weighted by atomic mass is 10.2. The lowest BCUT2D eigenvalue weighted by Crippen LogP contribution is -2.30. The van der Waals surface area contributed by atoms with Crippen LogP contribution in [0, 0.1) is 20.8 Å². The number of carbonyl (C=O) groups is 1. The van der Waals surface area contributed by atoms with Crippen LogP contribution >= 0.6 is 11.6 Å². The molecule has 0 aliphatic carbocycles. The standard InChI is InChI=1S/C18H18ClN5O2/c1-11-4-5-14(9-15(11)19)20-17(25)10-23-18(26)7-6-16(22-23)24-13(3)8-12(2)21-24/h4-9H,10H2,1-3H3,(H,20,25). The lowest BCUT2D eigenvalue weighted by molar-refractivity contribution is -0.117. The van der Waals surface area contributed by atoms with Crippen molar-refractivity contribution in [1.82, 2.24) is 19.6 Å². The van der Waals surface area contributed by atoms with Crippen molar-refractivity contribution in [3.8, 4) is 5.82 Å². The van der Waals surface area contributed by atoms with Crippen molar-refractivity contribution in [2.45, 2.75) is 27.3 Å². The fourth-order valence-electron chi connectivity index (χ4n) is 2.53. The summed E-state index contributed by atoms with van der Waals surface area (Å²) < 4.78 is 2.74. The Kier molecular flexibility index (Phi) is 4.90. The van der Waals surface area contributed by atoms with Crippen molar-refractivity contribution < 1.29 is 4.79 Å². The third-order valence-corrected chi connectivity index (χ3v) is 4.24. The molecule has 8 heteroatoms. The number of aryl methyl sites for hydroxylation is 3. The van der Waals surface area contributed by atoms with Crippen molar-refractivity contribution in [2.24, 2.45) is 0 Å². The zero-order valence-corrected chi connectivity index (χ0v) is 15.4. The molecule has 0 atom stereocenters. The molecule has 0 saturated carbocycles. The Bertz CT molecular complexity index is 1040. The molecule has 1 aromatic carbocycles. The minimum Gasteiger partial charge on any atom is -0.324 e. The first-order valence-corrected chi connectivity index (χ1v) is 8.39. The SMILES string of the molecule is Cc1cc(C)n(-c2ccc(=O)n(CC(=O)Nc3ccc(C)c(Cl)c3)n2)n1. The van der Waals surface area contributed by atoms with E-state index in [-0.39, 0.29) is 18.0 Å². The maximum absolute atomic E-state index is 12.3. The van der Waals surface area contributed by atoms with E-state index in [1.807, 2.05) is 32.9 Å². The number of nitrogens with one attached hydrogen (secondary N) is 1. The fraction of sp³-hybridized carbons (Fsp3) is 0.222. The summed E-state index contributed by atoms with van der Waals surface area (Å²) in [6.45, 7) is 5.43. The van der Waals surface area contributed by atoms with Crippen LogP contribution in [0.25, 0.3) is 5.82 Å². The summed E-state index contributed by atoms with van der Waals surface area (Å²) in [5.74, 6) is 0.103. The highest BCUT2D eigenvalue weighted by atomic mass is 35.5. The van der Waals surface area contributed by atoms with E-state index in [1.54, 1.807) is 22.9 Å². The van der Waals surface area contributed by atoms with Crippen LogP contribution in [0.3, 0.4) is 0 Å². The summed E-state index contributed by atoms with van der Waals surface area (Å²) in [7, 11) is 0. The number of halogens is 1. The van der Waals surface area contributed by atoms with Gasteiger partial charge in [0.1, 0.15) is 6.54 Å². The topological polar surface area (TPSA) is 81.8 Å². The van der Waals surface area contributed by atoms with Crippen LogP contribution < -0.4 is 10.9 Å². The summed E-state index contributed by atoms with van der Waals surface area (Å²) >= 11 is 6.06. The Balaban J connectivity index is 1.81. The first kappa shape index (κ1) is 17.9. The molecule has 3 aromatic rings. The number of anilines is 1. The summed E-state index contributed by atoms with van der Waals surface area (Å²) in [5.41, 5.74) is 2.84. The third kappa shape index (κ3) is 3.83. The largest absolute Gasteiger partial charge is 0.324 e. The van der Waals surface area contributed by atoms with Gasteiger partial charge in [0, 0.05) is 22.5 Å². The van der Waals surface area contributed by atoms with Gasteiger partial charge in [-0.05, 0) is 50.6 Å². The van der Waals surface area contributed by atoms with Gasteiger partial charge in [0.05, 0.1) is 5.69 Å². The predicted octanol–water partition coefficient (Wildman–Crippen LogP) is 2.65. The van der Waals surface area contributed by atoms with Crippen LogP contribution in [0.2, 0.25) is 5.02 Å². The second-order valence-electron chi connectivity index (χ2n) is 6.04. The van der Waals surface area contributed by atoms with Gasteiger partial charge in [-0.1, -0.05) is 17.7 Å². The maximum Gasteiger partial charge on any atom is 0.267 e. The zero-order valence-electron chi connectivity index (χ0n) is 14.7. The number of amides is 1. The highest BCUT2D eigenvalue weighted by molar-refractivity contribution is 6.31. The fourth-order valence-corrected chi connectivity index (χ4v) is 2.71. The average molecular weight is 372 g/mol. The Labute approximate surface area is 155 Å². The summed E-state index contributed by atoms with van der Waals surface area (Å²) in [5, 5.41) is 11.9. The second kappa shape index (κ2) is 7.13. The highest BCUT2D eigenvalue weighted by Crippen LogP contribution is 2.19. The van der Waals surface area contributed by atoms with Crippen molar-refractivity contribution in [1.29, 1.82) is 0 Å². The second-order valence-corrected chi connectivity index (χ2v) is 6.45. The van der Waals surface area contributed by atoms with E-state index < -0.39 is 0 Å². The van der Waals surface area contributed by atoms with E-state index in [0.717, 1.165) is 21.6 Å². The molecule has 1 N–H and O–H groups in total. The van der Waals surface area contributed by atoms with Gasteiger partial charge in [0.2, 0.25) is 5.91 Å². The van der Waals surface area contributed by atoms with Crippen LogP contribution in [0.5, 0.6) is 0 Å². The normalized spacial score (nSPS) is 10.8. The molecular formula is C18H18ClN5O2. The zero-order chi connectivity index (χ0) is 18.8. The van der Waals surface area contributed by atoms with Gasteiger partial charge in [0.15, 0.2) is 5.82 Å². The van der Waals surface area contributed by atoms with E-state index in [2.05, 4.69) is 15.5 Å². The molecule has 134 valence electrons. The van der Waals surface area contributed by atoms with Gasteiger partial charge in [0.25, 0.3) is 5.56 Å². The van der Waals surface area contributed by atoms with Crippen molar-refractivity contribution in [3.63, 3.8) is 0 Å². The Morgan fingerprint density at radius 1 is 1.12 bits per heavy atom. The van der Waals surface area contributed by atoms with Crippen LogP contribution in [0.15, 0.2) is 41.2 Å². The van der Waals surface area contributed by atoms with E-state index in [9.17, 15) is 9.59 Å². The van der Waals surface area contributed by atoms with E-state index in [1.165, 1.54) is 6.07 Å². The number of benzene rings is 1. The van der Waals surface area contributed by atoms with Crippen LogP contribution in [0.4, 0.5) is 5.69 Å². The lowest BCUT2D eigenvalue weighted by Gasteiger charge is -2.09. The molecule has 0 bridgehead atoms. The van der Waals surface area contributed by atoms with Gasteiger partial charge in [-0.15, -0.1) is 5.10 Å². The average Bonchev–Trinajstić information content (AvgIpc) is 2.91. The molecule has 0 aliphatic heterocycles. The maximum atomic E-state index is 12.3. The summed E-state index contributed by atoms with van der Waals surface area (Å²) in [6, 6.07) is 10.1. The molecule has 0 spiro atoms.